The van der Waals surface area contributed by atoms with E-state index in [-0.39, 0.29) is 11.9 Å². The van der Waals surface area contributed by atoms with Gasteiger partial charge < -0.3 is 0 Å². The Labute approximate surface area is 92.1 Å². The van der Waals surface area contributed by atoms with Crippen LogP contribution in [0.2, 0.25) is 5.32 Å². The van der Waals surface area contributed by atoms with Crippen LogP contribution in [-0.2, 0) is 4.79 Å². The Morgan fingerprint density at radius 3 is 2.50 bits per heavy atom. The summed E-state index contributed by atoms with van der Waals surface area (Å²) in [5, 5.41) is 1.01. The first-order chi connectivity index (χ1) is 6.52. The van der Waals surface area contributed by atoms with Crippen LogP contribution in [0.25, 0.3) is 0 Å². The normalized spacial score (nSPS) is 21.4. The first-order valence-electron chi connectivity index (χ1n) is 5.05. The summed E-state index contributed by atoms with van der Waals surface area (Å²) >= 11 is 0.391. The number of carbonyl (C=O) groups is 1. The molecule has 0 saturated carbocycles. The Bertz CT molecular complexity index is 249. The Hall–Kier alpha value is -0.341. The first kappa shape index (κ1) is 11.7. The van der Waals surface area contributed by atoms with E-state index in [4.69, 9.17) is 0 Å². The van der Waals surface area contributed by atoms with E-state index >= 15 is 0 Å². The molecule has 0 aliphatic carbocycles. The van der Waals surface area contributed by atoms with Gasteiger partial charge in [0.25, 0.3) is 0 Å². The molecule has 1 saturated heterocycles. The van der Waals surface area contributed by atoms with Gasteiger partial charge in [0.1, 0.15) is 0 Å². The second-order valence-corrected chi connectivity index (χ2v) is 6.19. The fourth-order valence-electron chi connectivity index (χ4n) is 1.36. The molecular weight excluding hydrogens is 243 g/mol. The molecule has 0 radical (unpaired) electrons. The van der Waals surface area contributed by atoms with E-state index in [2.05, 4.69) is 32.7 Å². The van der Waals surface area contributed by atoms with Crippen molar-refractivity contribution in [3.8, 4) is 0 Å². The maximum atomic E-state index is 11.7. The van der Waals surface area contributed by atoms with Crippen LogP contribution in [0.5, 0.6) is 0 Å². The van der Waals surface area contributed by atoms with E-state index < -0.39 is 0 Å². The molecule has 0 spiro atoms. The van der Waals surface area contributed by atoms with Crippen molar-refractivity contribution in [2.45, 2.75) is 51.5 Å². The quantitative estimate of drug-likeness (QED) is 0.694. The Morgan fingerprint density at radius 1 is 1.36 bits per heavy atom. The minimum absolute atomic E-state index is 0.243. The maximum absolute atomic E-state index is 11.7. The number of hydrogen-bond donors (Lipinski definition) is 0. The molecule has 0 unspecified atom stereocenters. The van der Waals surface area contributed by atoms with Crippen LogP contribution in [0, 0.1) is 0 Å². The molecule has 1 heterocycles. The molecule has 1 aliphatic heterocycles. The Kier molecular flexibility index (Phi) is 4.14. The van der Waals surface area contributed by atoms with E-state index in [0.29, 0.717) is 27.4 Å². The standard InChI is InChI=1S/C10H18N2OSe/c1-7(2)11-10-12(8(3)4)9(13)5-6-14-10/h7-8H,5-6H2,1-4H3. The molecule has 14 heavy (non-hydrogen) atoms. The number of hydrogen-bond acceptors (Lipinski definition) is 2. The second-order valence-electron chi connectivity index (χ2n) is 3.96. The number of amides is 1. The summed E-state index contributed by atoms with van der Waals surface area (Å²) < 4.78 is 1.04. The molecule has 3 nitrogen and oxygen atoms in total. The average Bonchev–Trinajstić information content (AvgIpc) is 2.01. The summed E-state index contributed by atoms with van der Waals surface area (Å²) in [6.45, 7) is 8.21. The fraction of sp³-hybridized carbons (Fsp3) is 0.800. The van der Waals surface area contributed by atoms with Crippen molar-refractivity contribution in [2.75, 3.05) is 0 Å². The van der Waals surface area contributed by atoms with Crippen molar-refractivity contribution in [1.82, 2.24) is 4.90 Å². The van der Waals surface area contributed by atoms with Crippen molar-refractivity contribution >= 4 is 25.6 Å². The van der Waals surface area contributed by atoms with Crippen LogP contribution in [-0.4, -0.2) is 42.6 Å². The molecule has 0 aromatic rings. The number of rotatable bonds is 2. The first-order valence-corrected chi connectivity index (χ1v) is 7.11. The molecule has 0 aromatic carbocycles. The van der Waals surface area contributed by atoms with E-state index in [0.717, 1.165) is 10.1 Å². The average molecular weight is 261 g/mol. The number of nitrogens with zero attached hydrogens (tertiary/aromatic N) is 2. The third-order valence-corrected chi connectivity index (χ3v) is 3.94. The molecule has 80 valence electrons. The van der Waals surface area contributed by atoms with Gasteiger partial charge in [-0.3, -0.25) is 0 Å². The predicted molar refractivity (Wildman–Crippen MR) is 59.7 cm³/mol. The van der Waals surface area contributed by atoms with Crippen molar-refractivity contribution < 1.29 is 4.79 Å². The zero-order valence-electron chi connectivity index (χ0n) is 9.28. The topological polar surface area (TPSA) is 32.7 Å². The fourth-order valence-corrected chi connectivity index (χ4v) is 3.87. The molecule has 0 N–H and O–H groups in total. The Morgan fingerprint density at radius 2 is 2.00 bits per heavy atom. The van der Waals surface area contributed by atoms with Crippen molar-refractivity contribution in [3.05, 3.63) is 0 Å². The summed E-state index contributed by atoms with van der Waals surface area (Å²) in [5.41, 5.74) is 0. The van der Waals surface area contributed by atoms with Crippen molar-refractivity contribution in [2.24, 2.45) is 4.99 Å². The van der Waals surface area contributed by atoms with Crippen LogP contribution in [0.4, 0.5) is 0 Å². The molecule has 1 rings (SSSR count). The van der Waals surface area contributed by atoms with Gasteiger partial charge in [-0.1, -0.05) is 0 Å². The van der Waals surface area contributed by atoms with Crippen molar-refractivity contribution in [3.63, 3.8) is 0 Å². The van der Waals surface area contributed by atoms with Gasteiger partial charge in [0.05, 0.1) is 0 Å². The molecular formula is C10H18N2OSe. The van der Waals surface area contributed by atoms with Crippen LogP contribution < -0.4 is 0 Å². The van der Waals surface area contributed by atoms with Gasteiger partial charge in [-0.05, 0) is 0 Å². The summed E-state index contributed by atoms with van der Waals surface area (Å²) in [7, 11) is 0. The zero-order chi connectivity index (χ0) is 10.7. The predicted octanol–water partition coefficient (Wildman–Crippen LogP) is 1.51. The van der Waals surface area contributed by atoms with E-state index in [1.165, 1.54) is 0 Å². The molecule has 0 atom stereocenters. The summed E-state index contributed by atoms with van der Waals surface area (Å²) in [6.07, 6.45) is 0.704. The third kappa shape index (κ3) is 2.82. The molecule has 1 amide bonds. The summed E-state index contributed by atoms with van der Waals surface area (Å²) in [5.74, 6) is 0.243. The van der Waals surface area contributed by atoms with Gasteiger partial charge >= 0.3 is 91.8 Å². The summed E-state index contributed by atoms with van der Waals surface area (Å²) in [4.78, 5) is 18.1. The van der Waals surface area contributed by atoms with Gasteiger partial charge in [0.15, 0.2) is 0 Å². The molecule has 0 aromatic heterocycles. The van der Waals surface area contributed by atoms with Crippen LogP contribution in [0.1, 0.15) is 34.1 Å². The number of aliphatic imine (C=N–C) groups is 1. The number of carbonyl (C=O) groups excluding carboxylic acids is 1. The van der Waals surface area contributed by atoms with E-state index in [9.17, 15) is 4.79 Å². The molecule has 1 aliphatic rings. The van der Waals surface area contributed by atoms with E-state index in [1.54, 1.807) is 0 Å². The third-order valence-electron chi connectivity index (χ3n) is 1.91. The van der Waals surface area contributed by atoms with Gasteiger partial charge in [0, 0.05) is 0 Å². The number of amidine groups is 1. The van der Waals surface area contributed by atoms with Gasteiger partial charge in [-0.25, -0.2) is 0 Å². The zero-order valence-corrected chi connectivity index (χ0v) is 11.0. The van der Waals surface area contributed by atoms with Crippen LogP contribution >= 0.6 is 0 Å². The molecule has 1 fully saturated rings. The molecule has 4 heteroatoms. The van der Waals surface area contributed by atoms with Crippen molar-refractivity contribution in [1.29, 1.82) is 0 Å². The second kappa shape index (κ2) is 4.94. The van der Waals surface area contributed by atoms with Gasteiger partial charge in [-0.2, -0.15) is 0 Å². The minimum atomic E-state index is 0.243. The SMILES string of the molecule is CC(C)N=C1[Se]CCC(=O)N1C(C)C. The van der Waals surface area contributed by atoms with Gasteiger partial charge in [-0.15, -0.1) is 0 Å². The van der Waals surface area contributed by atoms with E-state index in [1.807, 2.05) is 4.90 Å². The molecule has 0 bridgehead atoms. The van der Waals surface area contributed by atoms with Gasteiger partial charge in [0.2, 0.25) is 0 Å². The van der Waals surface area contributed by atoms with Crippen LogP contribution in [0.3, 0.4) is 0 Å². The monoisotopic (exact) mass is 262 g/mol. The van der Waals surface area contributed by atoms with Crippen LogP contribution in [0.15, 0.2) is 4.99 Å². The summed E-state index contributed by atoms with van der Waals surface area (Å²) in [6, 6.07) is 0.543. The Balaban J connectivity index is 2.85.